The minimum absolute atomic E-state index is 0.0271. The van der Waals surface area contributed by atoms with Crippen molar-refractivity contribution >= 4 is 18.4 Å². The Morgan fingerprint density at radius 1 is 0.962 bits per heavy atom. The van der Waals surface area contributed by atoms with Gasteiger partial charge in [0.25, 0.3) is 0 Å². The molecule has 0 fully saturated rings. The predicted molar refractivity (Wildman–Crippen MR) is 86.8 cm³/mol. The zero-order chi connectivity index (χ0) is 19.0. The first-order valence-corrected chi connectivity index (χ1v) is 7.52. The first kappa shape index (κ1) is 17.9. The van der Waals surface area contributed by atoms with Gasteiger partial charge in [0.2, 0.25) is 10.6 Å². The van der Waals surface area contributed by atoms with Crippen LogP contribution in [0.2, 0.25) is 0 Å². The molecule has 1 heterocycles. The Kier molecular flexibility index (Phi) is 4.68. The second kappa shape index (κ2) is 6.79. The van der Waals surface area contributed by atoms with E-state index in [0.29, 0.717) is 11.8 Å². The molecule has 4 nitrogen and oxygen atoms in total. The predicted octanol–water partition coefficient (Wildman–Crippen LogP) is 4.49. The third-order valence-corrected chi connectivity index (χ3v) is 3.77. The van der Waals surface area contributed by atoms with Crippen molar-refractivity contribution in [3.63, 3.8) is 0 Å². The number of hydrogen-bond acceptors (Lipinski definition) is 3. The van der Waals surface area contributed by atoms with Crippen LogP contribution >= 0.6 is 12.2 Å². The van der Waals surface area contributed by atoms with Gasteiger partial charge in [0, 0.05) is 5.56 Å². The van der Waals surface area contributed by atoms with Crippen molar-refractivity contribution in [2.75, 3.05) is 0 Å². The summed E-state index contributed by atoms with van der Waals surface area (Å²) in [5.74, 6) is -10.1. The standard InChI is InChI=1S/C16H9F5N4S/c1-7-2-4-8(5-3-7)15-23-24-16(26)25(15)22-6-9-10(17)12(19)14(21)13(20)11(9)18/h2-6H,1H3,(H,24,26)/b22-6+. The average molecular weight is 384 g/mol. The second-order valence-corrected chi connectivity index (χ2v) is 5.65. The van der Waals surface area contributed by atoms with Crippen LogP contribution in [0.3, 0.4) is 0 Å². The second-order valence-electron chi connectivity index (χ2n) is 5.26. The molecule has 134 valence electrons. The third-order valence-electron chi connectivity index (χ3n) is 3.51. The largest absolute Gasteiger partial charge is 0.250 e. The first-order valence-electron chi connectivity index (χ1n) is 7.11. The minimum atomic E-state index is -2.24. The third kappa shape index (κ3) is 3.03. The molecule has 0 aliphatic rings. The molecule has 0 aliphatic carbocycles. The SMILES string of the molecule is Cc1ccc(-c2n[nH]c(=S)n2/N=C/c2c(F)c(F)c(F)c(F)c2F)cc1. The minimum Gasteiger partial charge on any atom is -0.250 e. The van der Waals surface area contributed by atoms with E-state index in [9.17, 15) is 22.0 Å². The van der Waals surface area contributed by atoms with Gasteiger partial charge in [0.1, 0.15) is 0 Å². The summed E-state index contributed by atoms with van der Waals surface area (Å²) in [6.07, 6.45) is 0.499. The van der Waals surface area contributed by atoms with Gasteiger partial charge in [-0.1, -0.05) is 29.8 Å². The number of aryl methyl sites for hydroxylation is 1. The van der Waals surface area contributed by atoms with Crippen molar-refractivity contribution in [1.82, 2.24) is 14.9 Å². The van der Waals surface area contributed by atoms with E-state index in [-0.39, 0.29) is 10.6 Å². The highest BCUT2D eigenvalue weighted by Crippen LogP contribution is 2.22. The maximum atomic E-state index is 13.7. The highest BCUT2D eigenvalue weighted by atomic mass is 32.1. The highest BCUT2D eigenvalue weighted by Gasteiger charge is 2.24. The van der Waals surface area contributed by atoms with Crippen LogP contribution in [0.4, 0.5) is 22.0 Å². The number of aromatic amines is 1. The fourth-order valence-electron chi connectivity index (χ4n) is 2.14. The van der Waals surface area contributed by atoms with Crippen LogP contribution < -0.4 is 0 Å². The lowest BCUT2D eigenvalue weighted by atomic mass is 10.1. The molecule has 26 heavy (non-hydrogen) atoms. The van der Waals surface area contributed by atoms with Gasteiger partial charge in [-0.3, -0.25) is 0 Å². The molecule has 0 bridgehead atoms. The van der Waals surface area contributed by atoms with Gasteiger partial charge in [-0.05, 0) is 19.1 Å². The smallest absolute Gasteiger partial charge is 0.216 e. The Bertz CT molecular complexity index is 1040. The summed E-state index contributed by atoms with van der Waals surface area (Å²) >= 11 is 4.99. The van der Waals surface area contributed by atoms with Crippen LogP contribution in [0.1, 0.15) is 11.1 Å². The molecule has 3 aromatic rings. The number of benzene rings is 2. The number of hydrogen-bond donors (Lipinski definition) is 1. The summed E-state index contributed by atoms with van der Waals surface area (Å²) in [4.78, 5) is 0. The molecule has 2 aromatic carbocycles. The lowest BCUT2D eigenvalue weighted by Gasteiger charge is -2.05. The normalized spacial score (nSPS) is 11.5. The van der Waals surface area contributed by atoms with Gasteiger partial charge in [-0.2, -0.15) is 14.9 Å². The van der Waals surface area contributed by atoms with Gasteiger partial charge in [0.05, 0.1) is 11.8 Å². The zero-order valence-electron chi connectivity index (χ0n) is 13.0. The van der Waals surface area contributed by atoms with Crippen molar-refractivity contribution in [3.05, 3.63) is 69.2 Å². The van der Waals surface area contributed by atoms with Crippen LogP contribution in [-0.4, -0.2) is 21.1 Å². The van der Waals surface area contributed by atoms with Crippen LogP contribution in [0, 0.1) is 40.8 Å². The Morgan fingerprint density at radius 3 is 2.08 bits per heavy atom. The van der Waals surface area contributed by atoms with Crippen molar-refractivity contribution in [1.29, 1.82) is 0 Å². The maximum absolute atomic E-state index is 13.7. The van der Waals surface area contributed by atoms with Crippen molar-refractivity contribution < 1.29 is 22.0 Å². The lowest BCUT2D eigenvalue weighted by Crippen LogP contribution is -2.07. The van der Waals surface area contributed by atoms with E-state index in [2.05, 4.69) is 15.3 Å². The quantitative estimate of drug-likeness (QED) is 0.238. The van der Waals surface area contributed by atoms with E-state index in [1.165, 1.54) is 0 Å². The van der Waals surface area contributed by atoms with Crippen molar-refractivity contribution in [2.24, 2.45) is 5.10 Å². The number of aromatic nitrogens is 3. The summed E-state index contributed by atoms with van der Waals surface area (Å²) in [6.45, 7) is 1.88. The van der Waals surface area contributed by atoms with Gasteiger partial charge < -0.3 is 0 Å². The molecular formula is C16H9F5N4S. The van der Waals surface area contributed by atoms with Gasteiger partial charge in [-0.15, -0.1) is 0 Å². The Balaban J connectivity index is 2.10. The Labute approximate surface area is 148 Å². The van der Waals surface area contributed by atoms with E-state index >= 15 is 0 Å². The van der Waals surface area contributed by atoms with Crippen molar-refractivity contribution in [2.45, 2.75) is 6.92 Å². The fraction of sp³-hybridized carbons (Fsp3) is 0.0625. The maximum Gasteiger partial charge on any atom is 0.216 e. The van der Waals surface area contributed by atoms with Crippen molar-refractivity contribution in [3.8, 4) is 11.4 Å². The number of nitrogens with zero attached hydrogens (tertiary/aromatic N) is 3. The fourth-order valence-corrected chi connectivity index (χ4v) is 2.32. The average Bonchev–Trinajstić information content (AvgIpc) is 3.00. The summed E-state index contributed by atoms with van der Waals surface area (Å²) in [7, 11) is 0. The Hall–Kier alpha value is -2.88. The molecule has 0 saturated carbocycles. The van der Waals surface area contributed by atoms with E-state index in [1.807, 2.05) is 6.92 Å². The number of rotatable bonds is 3. The van der Waals surface area contributed by atoms with Crippen LogP contribution in [0.5, 0.6) is 0 Å². The van der Waals surface area contributed by atoms with E-state index in [0.717, 1.165) is 10.2 Å². The van der Waals surface area contributed by atoms with Crippen LogP contribution in [0.25, 0.3) is 11.4 Å². The number of halogens is 5. The zero-order valence-corrected chi connectivity index (χ0v) is 13.8. The van der Waals surface area contributed by atoms with E-state index < -0.39 is 34.6 Å². The first-order chi connectivity index (χ1) is 12.3. The summed E-state index contributed by atoms with van der Waals surface area (Å²) in [5, 5.41) is 10.1. The molecule has 0 atom stereocenters. The highest BCUT2D eigenvalue weighted by molar-refractivity contribution is 7.71. The van der Waals surface area contributed by atoms with Gasteiger partial charge >= 0.3 is 0 Å². The van der Waals surface area contributed by atoms with Crippen LogP contribution in [-0.2, 0) is 0 Å². The molecule has 0 spiro atoms. The monoisotopic (exact) mass is 384 g/mol. The number of nitrogens with one attached hydrogen (secondary N) is 1. The Morgan fingerprint density at radius 2 is 1.50 bits per heavy atom. The van der Waals surface area contributed by atoms with Gasteiger partial charge in [0.15, 0.2) is 29.1 Å². The summed E-state index contributed by atoms with van der Waals surface area (Å²) in [6, 6.07) is 7.02. The molecule has 0 aliphatic heterocycles. The molecule has 0 saturated heterocycles. The molecular weight excluding hydrogens is 375 g/mol. The molecule has 10 heteroatoms. The molecule has 1 aromatic heterocycles. The molecule has 0 radical (unpaired) electrons. The lowest BCUT2D eigenvalue weighted by molar-refractivity contribution is 0.377. The van der Waals surface area contributed by atoms with E-state index in [4.69, 9.17) is 12.2 Å². The van der Waals surface area contributed by atoms with E-state index in [1.54, 1.807) is 24.3 Å². The molecule has 0 unspecified atom stereocenters. The topological polar surface area (TPSA) is 46.0 Å². The summed E-state index contributed by atoms with van der Waals surface area (Å²) < 4.78 is 68.0. The van der Waals surface area contributed by atoms with Crippen LogP contribution in [0.15, 0.2) is 29.4 Å². The summed E-state index contributed by atoms with van der Waals surface area (Å²) in [5.41, 5.74) is 0.385. The molecule has 0 amide bonds. The molecule has 3 rings (SSSR count). The number of H-pyrrole nitrogens is 1. The van der Waals surface area contributed by atoms with Gasteiger partial charge in [-0.25, -0.2) is 27.1 Å². The molecule has 1 N–H and O–H groups in total.